The van der Waals surface area contributed by atoms with Gasteiger partial charge in [0.2, 0.25) is 0 Å². The molecule has 32 heavy (non-hydrogen) atoms. The van der Waals surface area contributed by atoms with Crippen LogP contribution in [0.3, 0.4) is 0 Å². The number of nitrogens with two attached hydrogens (primary N) is 1. The van der Waals surface area contributed by atoms with Gasteiger partial charge in [-0.05, 0) is 42.3 Å². The Hall–Kier alpha value is -3.94. The fraction of sp³-hybridized carbons (Fsp3) is 0.250. The summed E-state index contributed by atoms with van der Waals surface area (Å²) >= 11 is 0. The third kappa shape index (κ3) is 4.39. The number of methoxy groups -OCH3 is 1. The molecule has 0 saturated carbocycles. The molecule has 1 aliphatic heterocycles. The Morgan fingerprint density at radius 3 is 2.53 bits per heavy atom. The van der Waals surface area contributed by atoms with E-state index in [-0.39, 0.29) is 18.4 Å². The van der Waals surface area contributed by atoms with Crippen molar-refractivity contribution in [2.24, 2.45) is 10.7 Å². The standard InChI is InChI=1S/C24H25N5O3/c1-24(11-16-4-7-19(31-3)8-5-16)14-28-23(25)29(2)22(30)20-10-17(6-9-21(20)32-24)18-12-26-15-27-13-18/h4-10,12-13,15H,11,14H2,1-3H3,(H2,25,28). The number of hydrogen-bond acceptors (Lipinski definition) is 7. The van der Waals surface area contributed by atoms with Crippen molar-refractivity contribution in [2.75, 3.05) is 20.7 Å². The molecule has 0 fully saturated rings. The van der Waals surface area contributed by atoms with Crippen molar-refractivity contribution in [1.82, 2.24) is 14.9 Å². The Morgan fingerprint density at radius 1 is 1.12 bits per heavy atom. The van der Waals surface area contributed by atoms with Crippen molar-refractivity contribution < 1.29 is 14.3 Å². The van der Waals surface area contributed by atoms with Gasteiger partial charge in [0, 0.05) is 31.4 Å². The van der Waals surface area contributed by atoms with Crippen molar-refractivity contribution in [3.63, 3.8) is 0 Å². The van der Waals surface area contributed by atoms with Crippen LogP contribution >= 0.6 is 0 Å². The van der Waals surface area contributed by atoms with Gasteiger partial charge in [0.25, 0.3) is 5.91 Å². The summed E-state index contributed by atoms with van der Waals surface area (Å²) in [7, 11) is 3.24. The van der Waals surface area contributed by atoms with Crippen LogP contribution in [0.2, 0.25) is 0 Å². The Bertz CT molecular complexity index is 1150. The van der Waals surface area contributed by atoms with Crippen LogP contribution in [0.15, 0.2) is 66.2 Å². The molecule has 2 aromatic carbocycles. The smallest absolute Gasteiger partial charge is 0.264 e. The number of carbonyl (C=O) groups is 1. The highest BCUT2D eigenvalue weighted by molar-refractivity contribution is 6.07. The molecule has 1 aliphatic rings. The van der Waals surface area contributed by atoms with E-state index in [1.165, 1.54) is 11.2 Å². The quantitative estimate of drug-likeness (QED) is 0.681. The maximum atomic E-state index is 13.2. The summed E-state index contributed by atoms with van der Waals surface area (Å²) in [5.41, 5.74) is 8.46. The highest BCUT2D eigenvalue weighted by Crippen LogP contribution is 2.32. The van der Waals surface area contributed by atoms with E-state index in [0.717, 1.165) is 22.4 Å². The van der Waals surface area contributed by atoms with E-state index in [1.54, 1.807) is 38.7 Å². The van der Waals surface area contributed by atoms with Gasteiger partial charge in [0.1, 0.15) is 23.4 Å². The minimum atomic E-state index is -0.725. The zero-order valence-electron chi connectivity index (χ0n) is 18.3. The first-order chi connectivity index (χ1) is 15.4. The van der Waals surface area contributed by atoms with Gasteiger partial charge in [-0.2, -0.15) is 0 Å². The number of amides is 1. The van der Waals surface area contributed by atoms with Gasteiger partial charge < -0.3 is 15.2 Å². The molecule has 1 aromatic heterocycles. The summed E-state index contributed by atoms with van der Waals surface area (Å²) in [5, 5.41) is 0. The Labute approximate surface area is 186 Å². The molecule has 0 spiro atoms. The topological polar surface area (TPSA) is 103 Å². The summed E-state index contributed by atoms with van der Waals surface area (Å²) < 4.78 is 11.7. The lowest BCUT2D eigenvalue weighted by atomic mass is 9.95. The fourth-order valence-electron chi connectivity index (χ4n) is 3.62. The zero-order chi connectivity index (χ0) is 22.7. The monoisotopic (exact) mass is 431 g/mol. The third-order valence-electron chi connectivity index (χ3n) is 5.42. The zero-order valence-corrected chi connectivity index (χ0v) is 18.3. The van der Waals surface area contributed by atoms with Crippen LogP contribution in [0.1, 0.15) is 22.8 Å². The first kappa shape index (κ1) is 21.3. The molecule has 2 heterocycles. The number of rotatable bonds is 4. The Morgan fingerprint density at radius 2 is 1.84 bits per heavy atom. The molecule has 1 unspecified atom stereocenters. The van der Waals surface area contributed by atoms with Crippen LogP contribution in [-0.4, -0.2) is 53.0 Å². The summed E-state index contributed by atoms with van der Waals surface area (Å²) in [6.07, 6.45) is 5.43. The molecule has 164 valence electrons. The van der Waals surface area contributed by atoms with Gasteiger partial charge in [-0.15, -0.1) is 0 Å². The van der Waals surface area contributed by atoms with Crippen molar-refractivity contribution in [1.29, 1.82) is 0 Å². The molecule has 1 atom stereocenters. The van der Waals surface area contributed by atoms with Gasteiger partial charge in [0.15, 0.2) is 5.96 Å². The van der Waals surface area contributed by atoms with E-state index in [1.807, 2.05) is 37.3 Å². The maximum Gasteiger partial charge on any atom is 0.264 e. The molecular weight excluding hydrogens is 406 g/mol. The number of ether oxygens (including phenoxy) is 2. The highest BCUT2D eigenvalue weighted by atomic mass is 16.5. The van der Waals surface area contributed by atoms with E-state index in [4.69, 9.17) is 15.2 Å². The highest BCUT2D eigenvalue weighted by Gasteiger charge is 2.32. The van der Waals surface area contributed by atoms with Crippen LogP contribution in [-0.2, 0) is 6.42 Å². The van der Waals surface area contributed by atoms with Crippen LogP contribution < -0.4 is 15.2 Å². The van der Waals surface area contributed by atoms with Crippen LogP contribution in [0.5, 0.6) is 11.5 Å². The van der Waals surface area contributed by atoms with Gasteiger partial charge >= 0.3 is 0 Å². The normalized spacial score (nSPS) is 18.5. The maximum absolute atomic E-state index is 13.2. The van der Waals surface area contributed by atoms with Crippen molar-refractivity contribution in [3.05, 3.63) is 72.3 Å². The lowest BCUT2D eigenvalue weighted by Crippen LogP contribution is -2.40. The average Bonchev–Trinajstić information content (AvgIpc) is 2.85. The predicted octanol–water partition coefficient (Wildman–Crippen LogP) is 2.93. The molecular formula is C24H25N5O3. The number of aliphatic imine (C=N–C) groups is 1. The largest absolute Gasteiger partial charge is 0.497 e. The molecule has 8 heteroatoms. The minimum absolute atomic E-state index is 0.140. The first-order valence-corrected chi connectivity index (χ1v) is 10.2. The third-order valence-corrected chi connectivity index (χ3v) is 5.42. The van der Waals surface area contributed by atoms with E-state index < -0.39 is 5.60 Å². The summed E-state index contributed by atoms with van der Waals surface area (Å²) in [6, 6.07) is 13.3. The van der Waals surface area contributed by atoms with E-state index in [9.17, 15) is 4.79 Å². The molecule has 3 aromatic rings. The molecule has 8 nitrogen and oxygen atoms in total. The van der Waals surface area contributed by atoms with Crippen LogP contribution in [0.25, 0.3) is 11.1 Å². The number of fused-ring (bicyclic) bond motifs is 1. The van der Waals surface area contributed by atoms with Gasteiger partial charge in [-0.3, -0.25) is 9.69 Å². The predicted molar refractivity (Wildman–Crippen MR) is 122 cm³/mol. The van der Waals surface area contributed by atoms with Crippen molar-refractivity contribution in [2.45, 2.75) is 18.9 Å². The average molecular weight is 431 g/mol. The molecule has 0 bridgehead atoms. The van der Waals surface area contributed by atoms with Gasteiger partial charge in [-0.25, -0.2) is 15.0 Å². The SMILES string of the molecule is COc1ccc(CC2(C)CN=C(N)N(C)C(=O)c3cc(-c4cncnc4)ccc3O2)cc1. The summed E-state index contributed by atoms with van der Waals surface area (Å²) in [4.78, 5) is 27.1. The number of carbonyl (C=O) groups excluding carboxylic acids is 1. The second-order valence-electron chi connectivity index (χ2n) is 7.95. The second kappa shape index (κ2) is 8.66. The molecule has 1 amide bonds. The van der Waals surface area contributed by atoms with Crippen molar-refractivity contribution in [3.8, 4) is 22.6 Å². The molecule has 2 N–H and O–H groups in total. The van der Waals surface area contributed by atoms with E-state index in [2.05, 4.69) is 15.0 Å². The Kier molecular flexibility index (Phi) is 5.77. The second-order valence-corrected chi connectivity index (χ2v) is 7.95. The van der Waals surface area contributed by atoms with Crippen LogP contribution in [0.4, 0.5) is 0 Å². The fourth-order valence-corrected chi connectivity index (χ4v) is 3.62. The Balaban J connectivity index is 1.74. The van der Waals surface area contributed by atoms with Gasteiger partial charge in [0.05, 0.1) is 19.2 Å². The number of guanidine groups is 1. The van der Waals surface area contributed by atoms with E-state index >= 15 is 0 Å². The lowest BCUT2D eigenvalue weighted by molar-refractivity contribution is 0.0842. The number of hydrogen-bond donors (Lipinski definition) is 1. The van der Waals surface area contributed by atoms with Crippen LogP contribution in [0, 0.1) is 0 Å². The number of benzene rings is 2. The number of nitrogens with zero attached hydrogens (tertiary/aromatic N) is 4. The molecule has 4 rings (SSSR count). The van der Waals surface area contributed by atoms with Gasteiger partial charge in [-0.1, -0.05) is 18.2 Å². The number of aromatic nitrogens is 2. The molecule has 0 radical (unpaired) electrons. The minimum Gasteiger partial charge on any atom is -0.497 e. The van der Waals surface area contributed by atoms with E-state index in [0.29, 0.717) is 17.7 Å². The molecule has 0 saturated heterocycles. The summed E-state index contributed by atoms with van der Waals surface area (Å²) in [6.45, 7) is 2.25. The lowest BCUT2D eigenvalue weighted by Gasteiger charge is -2.30. The summed E-state index contributed by atoms with van der Waals surface area (Å²) in [5.74, 6) is 1.10. The van der Waals surface area contributed by atoms with Crippen molar-refractivity contribution >= 4 is 11.9 Å². The molecule has 0 aliphatic carbocycles. The first-order valence-electron chi connectivity index (χ1n) is 10.2.